The molecule has 1 rings (SSSR count). The fourth-order valence-corrected chi connectivity index (χ4v) is 1.11. The minimum absolute atomic E-state index is 0.0160. The summed E-state index contributed by atoms with van der Waals surface area (Å²) >= 11 is 0. The molecule has 0 spiro atoms. The molecule has 0 heterocycles. The van der Waals surface area contributed by atoms with Crippen LogP contribution in [-0.4, -0.2) is 5.91 Å². The highest BCUT2D eigenvalue weighted by Gasteiger charge is 2.01. The van der Waals surface area contributed by atoms with Crippen LogP contribution >= 0.6 is 0 Å². The van der Waals surface area contributed by atoms with Crippen LogP contribution in [0.1, 0.15) is 18.9 Å². The fraction of sp³-hybridized carbons (Fsp3) is 0.300. The first-order valence-corrected chi connectivity index (χ1v) is 4.55. The van der Waals surface area contributed by atoms with Crippen molar-refractivity contribution < 1.29 is 4.79 Å². The maximum atomic E-state index is 11.1. The van der Waals surface area contributed by atoms with Crippen LogP contribution in [-0.2, 0) is 11.3 Å². The van der Waals surface area contributed by atoms with E-state index in [1.54, 1.807) is 25.1 Å². The maximum Gasteiger partial charge on any atom is 0.224 e. The van der Waals surface area contributed by atoms with E-state index in [0.29, 0.717) is 18.7 Å². The van der Waals surface area contributed by atoms with Crippen molar-refractivity contribution >= 4 is 17.3 Å². The lowest BCUT2D eigenvalue weighted by Gasteiger charge is -2.07. The van der Waals surface area contributed by atoms with Crippen LogP contribution < -0.4 is 16.8 Å². The standard InChI is InChI=1S/C10H15N3O/c1-2-10(14)13-8-3-4-9(12)7(5-8)6-11/h3-5H,2,6,11-12H2,1H3,(H,13,14). The monoisotopic (exact) mass is 193 g/mol. The average molecular weight is 193 g/mol. The van der Waals surface area contributed by atoms with Crippen molar-refractivity contribution in [2.45, 2.75) is 19.9 Å². The van der Waals surface area contributed by atoms with Crippen LogP contribution in [0, 0.1) is 0 Å². The number of nitrogens with two attached hydrogens (primary N) is 2. The second-order valence-corrected chi connectivity index (χ2v) is 3.02. The Kier molecular flexibility index (Phi) is 3.48. The Morgan fingerprint density at radius 1 is 1.50 bits per heavy atom. The first-order valence-electron chi connectivity index (χ1n) is 4.55. The summed E-state index contributed by atoms with van der Waals surface area (Å²) in [5.74, 6) is -0.0160. The Morgan fingerprint density at radius 2 is 2.21 bits per heavy atom. The molecular formula is C10H15N3O. The molecule has 76 valence electrons. The third-order valence-corrected chi connectivity index (χ3v) is 1.97. The summed E-state index contributed by atoms with van der Waals surface area (Å²) < 4.78 is 0. The van der Waals surface area contributed by atoms with Gasteiger partial charge in [0.15, 0.2) is 0 Å². The number of hydrogen-bond donors (Lipinski definition) is 3. The summed E-state index contributed by atoms with van der Waals surface area (Å²) in [5, 5.41) is 2.74. The van der Waals surface area contributed by atoms with Crippen molar-refractivity contribution in [2.24, 2.45) is 5.73 Å². The van der Waals surface area contributed by atoms with Gasteiger partial charge >= 0.3 is 0 Å². The summed E-state index contributed by atoms with van der Waals surface area (Å²) in [6.07, 6.45) is 0.461. The molecule has 5 N–H and O–H groups in total. The first-order chi connectivity index (χ1) is 6.67. The van der Waals surface area contributed by atoms with Crippen LogP contribution in [0.25, 0.3) is 0 Å². The fourth-order valence-electron chi connectivity index (χ4n) is 1.11. The number of benzene rings is 1. The molecule has 0 bridgehead atoms. The number of carbonyl (C=O) groups excluding carboxylic acids is 1. The molecule has 14 heavy (non-hydrogen) atoms. The lowest BCUT2D eigenvalue weighted by atomic mass is 10.1. The number of nitrogens with one attached hydrogen (secondary N) is 1. The average Bonchev–Trinajstić information content (AvgIpc) is 2.20. The highest BCUT2D eigenvalue weighted by molar-refractivity contribution is 5.90. The summed E-state index contributed by atoms with van der Waals surface area (Å²) in [6, 6.07) is 5.30. The molecule has 0 unspecified atom stereocenters. The number of hydrogen-bond acceptors (Lipinski definition) is 3. The Balaban J connectivity index is 2.84. The Morgan fingerprint density at radius 3 is 2.79 bits per heavy atom. The summed E-state index contributed by atoms with van der Waals surface area (Å²) in [5.41, 5.74) is 13.4. The van der Waals surface area contributed by atoms with E-state index in [-0.39, 0.29) is 5.91 Å². The summed E-state index contributed by atoms with van der Waals surface area (Å²) in [4.78, 5) is 11.1. The minimum atomic E-state index is -0.0160. The molecule has 4 heteroatoms. The van der Waals surface area contributed by atoms with Crippen LogP contribution in [0.5, 0.6) is 0 Å². The van der Waals surface area contributed by atoms with Crippen LogP contribution in [0.3, 0.4) is 0 Å². The second-order valence-electron chi connectivity index (χ2n) is 3.02. The Labute approximate surface area is 83.3 Å². The molecule has 0 saturated heterocycles. The Hall–Kier alpha value is -1.55. The van der Waals surface area contributed by atoms with E-state index >= 15 is 0 Å². The Bertz CT molecular complexity index is 336. The molecule has 1 aromatic rings. The largest absolute Gasteiger partial charge is 0.398 e. The van der Waals surface area contributed by atoms with E-state index in [2.05, 4.69) is 5.32 Å². The van der Waals surface area contributed by atoms with Gasteiger partial charge in [0, 0.05) is 24.3 Å². The molecule has 0 aliphatic heterocycles. The van der Waals surface area contributed by atoms with Gasteiger partial charge in [-0.05, 0) is 23.8 Å². The van der Waals surface area contributed by atoms with Crippen molar-refractivity contribution in [3.05, 3.63) is 23.8 Å². The molecule has 4 nitrogen and oxygen atoms in total. The van der Waals surface area contributed by atoms with Gasteiger partial charge in [-0.25, -0.2) is 0 Å². The number of carbonyl (C=O) groups is 1. The van der Waals surface area contributed by atoms with Crippen molar-refractivity contribution in [1.82, 2.24) is 0 Å². The predicted molar refractivity (Wildman–Crippen MR) is 57.7 cm³/mol. The van der Waals surface area contributed by atoms with Crippen LogP contribution in [0.15, 0.2) is 18.2 Å². The first kappa shape index (κ1) is 10.5. The van der Waals surface area contributed by atoms with Gasteiger partial charge in [0.2, 0.25) is 5.91 Å². The van der Waals surface area contributed by atoms with Gasteiger partial charge in [-0.15, -0.1) is 0 Å². The van der Waals surface area contributed by atoms with E-state index in [4.69, 9.17) is 11.5 Å². The van der Waals surface area contributed by atoms with Crippen LogP contribution in [0.4, 0.5) is 11.4 Å². The molecule has 0 aliphatic rings. The van der Waals surface area contributed by atoms with E-state index in [0.717, 1.165) is 11.3 Å². The molecular weight excluding hydrogens is 178 g/mol. The van der Waals surface area contributed by atoms with Gasteiger partial charge < -0.3 is 16.8 Å². The minimum Gasteiger partial charge on any atom is -0.398 e. The smallest absolute Gasteiger partial charge is 0.224 e. The molecule has 0 aliphatic carbocycles. The van der Waals surface area contributed by atoms with Gasteiger partial charge in [-0.1, -0.05) is 6.92 Å². The van der Waals surface area contributed by atoms with Gasteiger partial charge in [0.05, 0.1) is 0 Å². The normalized spacial score (nSPS) is 9.86. The van der Waals surface area contributed by atoms with Crippen molar-refractivity contribution in [3.63, 3.8) is 0 Å². The zero-order valence-corrected chi connectivity index (χ0v) is 8.21. The van der Waals surface area contributed by atoms with Crippen molar-refractivity contribution in [3.8, 4) is 0 Å². The molecule has 0 aromatic heterocycles. The van der Waals surface area contributed by atoms with Crippen molar-refractivity contribution in [1.29, 1.82) is 0 Å². The lowest BCUT2D eigenvalue weighted by molar-refractivity contribution is -0.115. The van der Waals surface area contributed by atoms with Gasteiger partial charge in [0.25, 0.3) is 0 Å². The lowest BCUT2D eigenvalue weighted by Crippen LogP contribution is -2.10. The number of anilines is 2. The summed E-state index contributed by atoms with van der Waals surface area (Å²) in [7, 11) is 0. The number of rotatable bonds is 3. The SMILES string of the molecule is CCC(=O)Nc1ccc(N)c(CN)c1. The highest BCUT2D eigenvalue weighted by Crippen LogP contribution is 2.17. The molecule has 0 fully saturated rings. The predicted octanol–water partition coefficient (Wildman–Crippen LogP) is 1.08. The third-order valence-electron chi connectivity index (χ3n) is 1.97. The van der Waals surface area contributed by atoms with E-state index in [1.165, 1.54) is 0 Å². The molecule has 0 saturated carbocycles. The summed E-state index contributed by atoms with van der Waals surface area (Å²) in [6.45, 7) is 2.18. The molecule has 0 radical (unpaired) electrons. The zero-order valence-electron chi connectivity index (χ0n) is 8.21. The van der Waals surface area contributed by atoms with Gasteiger partial charge in [-0.2, -0.15) is 0 Å². The van der Waals surface area contributed by atoms with Crippen molar-refractivity contribution in [2.75, 3.05) is 11.1 Å². The topological polar surface area (TPSA) is 81.1 Å². The molecule has 0 atom stereocenters. The van der Waals surface area contributed by atoms with E-state index < -0.39 is 0 Å². The van der Waals surface area contributed by atoms with Gasteiger partial charge in [0.1, 0.15) is 0 Å². The van der Waals surface area contributed by atoms with Crippen LogP contribution in [0.2, 0.25) is 0 Å². The second kappa shape index (κ2) is 4.62. The van der Waals surface area contributed by atoms with E-state index in [1.807, 2.05) is 0 Å². The number of nitrogen functional groups attached to an aromatic ring is 1. The quantitative estimate of drug-likeness (QED) is 0.628. The van der Waals surface area contributed by atoms with E-state index in [9.17, 15) is 4.79 Å². The molecule has 1 aromatic carbocycles. The van der Waals surface area contributed by atoms with Gasteiger partial charge in [-0.3, -0.25) is 4.79 Å². The molecule has 1 amide bonds. The highest BCUT2D eigenvalue weighted by atomic mass is 16.1. The third kappa shape index (κ3) is 2.47. The number of amides is 1. The zero-order chi connectivity index (χ0) is 10.6. The maximum absolute atomic E-state index is 11.1.